The fraction of sp³-hybridized carbons (Fsp3) is 0.667. The van der Waals surface area contributed by atoms with Gasteiger partial charge in [-0.25, -0.2) is 0 Å². The molecule has 0 bridgehead atoms. The molecule has 0 unspecified atom stereocenters. The first-order chi connectivity index (χ1) is 6.82. The van der Waals surface area contributed by atoms with E-state index in [1.54, 1.807) is 6.92 Å². The van der Waals surface area contributed by atoms with Crippen LogP contribution in [0.1, 0.15) is 20.3 Å². The van der Waals surface area contributed by atoms with Crippen molar-refractivity contribution in [1.29, 1.82) is 0 Å². The quantitative estimate of drug-likeness (QED) is 0.708. The molecule has 0 radical (unpaired) electrons. The van der Waals surface area contributed by atoms with Gasteiger partial charge in [0, 0.05) is 0 Å². The van der Waals surface area contributed by atoms with Crippen LogP contribution < -0.4 is 0 Å². The Balaban J connectivity index is 4.77. The van der Waals surface area contributed by atoms with Crippen molar-refractivity contribution >= 4 is 17.7 Å². The first kappa shape index (κ1) is 14.3. The van der Waals surface area contributed by atoms with Crippen LogP contribution in [-0.4, -0.2) is 25.0 Å². The summed E-state index contributed by atoms with van der Waals surface area (Å²) in [6.45, 7) is 2.98. The summed E-state index contributed by atoms with van der Waals surface area (Å²) in [5, 5.41) is 0. The Morgan fingerprint density at radius 2 is 1.93 bits per heavy atom. The van der Waals surface area contributed by atoms with Gasteiger partial charge < -0.3 is 4.74 Å². The van der Waals surface area contributed by atoms with E-state index in [-0.39, 0.29) is 11.5 Å². The largest absolute Gasteiger partial charge is 0.466 e. The first-order valence-electron chi connectivity index (χ1n) is 4.29. The second-order valence-corrected chi connectivity index (χ2v) is 3.74. The number of esters is 1. The van der Waals surface area contributed by atoms with Crippen molar-refractivity contribution in [3.8, 4) is 0 Å². The molecule has 0 spiro atoms. The van der Waals surface area contributed by atoms with Gasteiger partial charge in [0.2, 0.25) is 0 Å². The lowest BCUT2D eigenvalue weighted by Crippen LogP contribution is -2.18. The number of rotatable bonds is 4. The second-order valence-electron chi connectivity index (χ2n) is 2.72. The van der Waals surface area contributed by atoms with Gasteiger partial charge in [-0.3, -0.25) is 4.79 Å². The Bertz CT molecular complexity index is 259. The molecule has 0 rings (SSSR count). The number of thioether (sulfide) groups is 1. The van der Waals surface area contributed by atoms with E-state index >= 15 is 0 Å². The average Bonchev–Trinajstić information content (AvgIpc) is 2.12. The second kappa shape index (κ2) is 6.05. The smallest absolute Gasteiger partial charge is 0.414 e. The summed E-state index contributed by atoms with van der Waals surface area (Å²) in [5.74, 6) is -0.849. The average molecular weight is 242 g/mol. The third-order valence-corrected chi connectivity index (χ3v) is 2.56. The van der Waals surface area contributed by atoms with Crippen molar-refractivity contribution < 1.29 is 22.7 Å². The van der Waals surface area contributed by atoms with Gasteiger partial charge in [-0.05, 0) is 25.0 Å². The van der Waals surface area contributed by atoms with Crippen LogP contribution in [0.3, 0.4) is 0 Å². The minimum atomic E-state index is -4.47. The fourth-order valence-electron chi connectivity index (χ4n) is 0.904. The Morgan fingerprint density at radius 3 is 2.27 bits per heavy atom. The van der Waals surface area contributed by atoms with E-state index in [4.69, 9.17) is 0 Å². The standard InChI is InChI=1S/C9H13F3O2S/c1-4-14-8(13)5-7(6(2)15-3)9(10,11)12/h4-5H2,1-3H3/b7-6+. The Kier molecular flexibility index (Phi) is 5.79. The predicted molar refractivity (Wildman–Crippen MR) is 53.5 cm³/mol. The van der Waals surface area contributed by atoms with Crippen molar-refractivity contribution in [1.82, 2.24) is 0 Å². The zero-order chi connectivity index (χ0) is 12.1. The highest BCUT2D eigenvalue weighted by Crippen LogP contribution is 2.34. The first-order valence-corrected chi connectivity index (χ1v) is 5.52. The van der Waals surface area contributed by atoms with E-state index in [9.17, 15) is 18.0 Å². The molecule has 0 N–H and O–H groups in total. The normalized spacial score (nSPS) is 13.5. The molecule has 0 saturated carbocycles. The lowest BCUT2D eigenvalue weighted by atomic mass is 10.2. The zero-order valence-corrected chi connectivity index (χ0v) is 9.59. The number of allylic oxidation sites excluding steroid dienone is 1. The van der Waals surface area contributed by atoms with Crippen LogP contribution in [0.15, 0.2) is 10.5 Å². The summed E-state index contributed by atoms with van der Waals surface area (Å²) in [5.41, 5.74) is -0.826. The van der Waals surface area contributed by atoms with Crippen LogP contribution in [0.2, 0.25) is 0 Å². The van der Waals surface area contributed by atoms with Crippen molar-refractivity contribution in [2.75, 3.05) is 12.9 Å². The molecule has 6 heteroatoms. The highest BCUT2D eigenvalue weighted by atomic mass is 32.2. The van der Waals surface area contributed by atoms with E-state index < -0.39 is 24.1 Å². The SMILES string of the molecule is CCOC(=O)C/C(=C(/C)SC)C(F)(F)F. The molecule has 0 aliphatic carbocycles. The van der Waals surface area contributed by atoms with Gasteiger partial charge in [0.1, 0.15) is 0 Å². The minimum absolute atomic E-state index is 0.0856. The Hall–Kier alpha value is -0.650. The van der Waals surface area contributed by atoms with Crippen molar-refractivity contribution in [3.05, 3.63) is 10.5 Å². The molecule has 88 valence electrons. The van der Waals surface area contributed by atoms with Crippen molar-refractivity contribution in [2.45, 2.75) is 26.4 Å². The monoisotopic (exact) mass is 242 g/mol. The van der Waals surface area contributed by atoms with Gasteiger partial charge >= 0.3 is 12.1 Å². The summed E-state index contributed by atoms with van der Waals surface area (Å²) in [6.07, 6.45) is -3.66. The Labute approximate surface area is 90.9 Å². The van der Waals surface area contributed by atoms with Crippen LogP contribution in [-0.2, 0) is 9.53 Å². The number of halogens is 3. The summed E-state index contributed by atoms with van der Waals surface area (Å²) < 4.78 is 41.9. The minimum Gasteiger partial charge on any atom is -0.466 e. The van der Waals surface area contributed by atoms with Gasteiger partial charge in [-0.1, -0.05) is 0 Å². The third kappa shape index (κ3) is 5.11. The fourth-order valence-corrected chi connectivity index (χ4v) is 1.34. The number of alkyl halides is 3. The summed E-state index contributed by atoms with van der Waals surface area (Å²) in [7, 11) is 0. The van der Waals surface area contributed by atoms with E-state index in [1.165, 1.54) is 13.2 Å². The van der Waals surface area contributed by atoms with Gasteiger partial charge in [0.05, 0.1) is 18.6 Å². The maximum absolute atomic E-state index is 12.5. The number of ether oxygens (including phenoxy) is 1. The number of hydrogen-bond donors (Lipinski definition) is 0. The molecule has 0 aromatic carbocycles. The molecule has 0 aliphatic heterocycles. The predicted octanol–water partition coefficient (Wildman–Crippen LogP) is 3.14. The number of carbonyl (C=O) groups is 1. The maximum atomic E-state index is 12.5. The molecule has 0 aromatic rings. The molecule has 0 heterocycles. The molecule has 0 atom stereocenters. The summed E-state index contributed by atoms with van der Waals surface area (Å²) >= 11 is 0.972. The lowest BCUT2D eigenvalue weighted by Gasteiger charge is -2.13. The molecule has 0 fully saturated rings. The topological polar surface area (TPSA) is 26.3 Å². The molecular weight excluding hydrogens is 229 g/mol. The zero-order valence-electron chi connectivity index (χ0n) is 8.77. The third-order valence-electron chi connectivity index (χ3n) is 1.70. The molecule has 0 aliphatic rings. The van der Waals surface area contributed by atoms with E-state index in [2.05, 4.69) is 4.74 Å². The highest BCUT2D eigenvalue weighted by molar-refractivity contribution is 8.02. The number of hydrogen-bond acceptors (Lipinski definition) is 3. The molecule has 15 heavy (non-hydrogen) atoms. The molecule has 0 saturated heterocycles. The molecule has 0 amide bonds. The molecular formula is C9H13F3O2S. The van der Waals surface area contributed by atoms with Crippen molar-refractivity contribution in [2.24, 2.45) is 0 Å². The van der Waals surface area contributed by atoms with E-state index in [0.29, 0.717) is 0 Å². The van der Waals surface area contributed by atoms with Crippen molar-refractivity contribution in [3.63, 3.8) is 0 Å². The highest BCUT2D eigenvalue weighted by Gasteiger charge is 2.36. The van der Waals surface area contributed by atoms with Crippen LogP contribution in [0.25, 0.3) is 0 Å². The summed E-state index contributed by atoms with van der Waals surface area (Å²) in [4.78, 5) is 11.0. The van der Waals surface area contributed by atoms with Crippen LogP contribution in [0.4, 0.5) is 13.2 Å². The van der Waals surface area contributed by atoms with Crippen LogP contribution in [0.5, 0.6) is 0 Å². The van der Waals surface area contributed by atoms with Gasteiger partial charge in [0.15, 0.2) is 0 Å². The van der Waals surface area contributed by atoms with Gasteiger partial charge in [-0.2, -0.15) is 13.2 Å². The van der Waals surface area contributed by atoms with E-state index in [1.807, 2.05) is 0 Å². The molecule has 2 nitrogen and oxygen atoms in total. The van der Waals surface area contributed by atoms with Gasteiger partial charge in [-0.15, -0.1) is 11.8 Å². The summed E-state index contributed by atoms with van der Waals surface area (Å²) in [6, 6.07) is 0. The Morgan fingerprint density at radius 1 is 1.40 bits per heavy atom. The van der Waals surface area contributed by atoms with Crippen LogP contribution in [0, 0.1) is 0 Å². The number of carbonyl (C=O) groups excluding carboxylic acids is 1. The van der Waals surface area contributed by atoms with E-state index in [0.717, 1.165) is 11.8 Å². The lowest BCUT2D eigenvalue weighted by molar-refractivity contribution is -0.145. The van der Waals surface area contributed by atoms with Gasteiger partial charge in [0.25, 0.3) is 0 Å². The molecule has 0 aromatic heterocycles. The van der Waals surface area contributed by atoms with Crippen LogP contribution >= 0.6 is 11.8 Å². The maximum Gasteiger partial charge on any atom is 0.414 e.